The number of benzene rings is 2. The molecule has 5 rings (SSSR count). The summed E-state index contributed by atoms with van der Waals surface area (Å²) in [6, 6.07) is 6.66. The summed E-state index contributed by atoms with van der Waals surface area (Å²) in [6.45, 7) is -0.573. The van der Waals surface area contributed by atoms with Crippen molar-refractivity contribution in [1.29, 1.82) is 0 Å². The monoisotopic (exact) mass is 610 g/mol. The highest BCUT2D eigenvalue weighted by atomic mass is 32.2. The van der Waals surface area contributed by atoms with Gasteiger partial charge in [0.25, 0.3) is 5.91 Å². The van der Waals surface area contributed by atoms with Crippen LogP contribution in [0.5, 0.6) is 0 Å². The number of hydrogen-bond donors (Lipinski definition) is 0. The van der Waals surface area contributed by atoms with Gasteiger partial charge in [-0.3, -0.25) is 4.79 Å². The molecule has 1 aromatic heterocycles. The van der Waals surface area contributed by atoms with E-state index in [4.69, 9.17) is 0 Å². The average molecular weight is 611 g/mol. The van der Waals surface area contributed by atoms with E-state index in [1.54, 1.807) is 0 Å². The number of hydrogen-bond acceptors (Lipinski definition) is 5. The van der Waals surface area contributed by atoms with Gasteiger partial charge in [-0.25, -0.2) is 21.6 Å². The zero-order valence-electron chi connectivity index (χ0n) is 20.1. The fraction of sp³-hybridized carbons (Fsp3) is 0.360. The standard InChI is InChI=1S/C25H18F8N2O3S2/c26-17-4-6-18(7-5-17)40(37,38)22-13-35(21(36)20-9-10-34-39-20)12-16(22)2-1-14-11-15(3-8-19(14)22)23(27,24(28,29)30)25(31,32)33/h3-11,16H,1-2,12-13H2. The summed E-state index contributed by atoms with van der Waals surface area (Å²) in [6.07, 6.45) is -11.5. The van der Waals surface area contributed by atoms with Crippen LogP contribution in [-0.4, -0.2) is 49.0 Å². The normalized spacial score (nSPS) is 21.7. The lowest BCUT2D eigenvalue weighted by molar-refractivity contribution is -0.348. The van der Waals surface area contributed by atoms with Gasteiger partial charge in [0.1, 0.15) is 15.4 Å². The number of rotatable bonds is 4. The van der Waals surface area contributed by atoms with Crippen LogP contribution in [0.4, 0.5) is 35.1 Å². The van der Waals surface area contributed by atoms with E-state index in [0.717, 1.165) is 41.9 Å². The van der Waals surface area contributed by atoms with Crippen molar-refractivity contribution < 1.29 is 48.3 Å². The number of carbonyl (C=O) groups is 1. The second-order valence-corrected chi connectivity index (χ2v) is 12.7. The number of likely N-dealkylation sites (tertiary alicyclic amines) is 1. The Bertz CT molecular complexity index is 1540. The second-order valence-electron chi connectivity index (χ2n) is 9.67. The van der Waals surface area contributed by atoms with Gasteiger partial charge >= 0.3 is 18.0 Å². The molecule has 40 heavy (non-hydrogen) atoms. The Hall–Kier alpha value is -3.07. The molecule has 1 aliphatic heterocycles. The summed E-state index contributed by atoms with van der Waals surface area (Å²) >= 11 is 0.863. The van der Waals surface area contributed by atoms with E-state index in [2.05, 4.69) is 4.37 Å². The first-order valence-electron chi connectivity index (χ1n) is 11.7. The number of carbonyl (C=O) groups excluding carboxylic acids is 1. The minimum absolute atomic E-state index is 0.0410. The number of aromatic nitrogens is 1. The molecule has 2 unspecified atom stereocenters. The van der Waals surface area contributed by atoms with Crippen molar-refractivity contribution in [3.05, 3.63) is 82.1 Å². The van der Waals surface area contributed by atoms with Crippen molar-refractivity contribution in [3.63, 3.8) is 0 Å². The summed E-state index contributed by atoms with van der Waals surface area (Å²) in [5, 5.41) is 0. The van der Waals surface area contributed by atoms with Crippen molar-refractivity contribution in [2.24, 2.45) is 5.92 Å². The zero-order chi connectivity index (χ0) is 29.3. The molecule has 2 atom stereocenters. The molecule has 1 saturated heterocycles. The van der Waals surface area contributed by atoms with Crippen LogP contribution in [-0.2, 0) is 26.7 Å². The van der Waals surface area contributed by atoms with E-state index in [0.29, 0.717) is 6.07 Å². The molecule has 15 heteroatoms. The molecule has 2 heterocycles. The highest BCUT2D eigenvalue weighted by Crippen LogP contribution is 2.56. The van der Waals surface area contributed by atoms with Crippen LogP contribution in [0, 0.1) is 11.7 Å². The summed E-state index contributed by atoms with van der Waals surface area (Å²) in [4.78, 5) is 14.3. The molecule has 2 aromatic carbocycles. The summed E-state index contributed by atoms with van der Waals surface area (Å²) < 4.78 is 140. The van der Waals surface area contributed by atoms with Gasteiger partial charge in [-0.1, -0.05) is 18.2 Å². The Morgan fingerprint density at radius 1 is 0.975 bits per heavy atom. The van der Waals surface area contributed by atoms with E-state index in [-0.39, 0.29) is 46.4 Å². The summed E-state index contributed by atoms with van der Waals surface area (Å²) in [7, 11) is -4.54. The molecular formula is C25H18F8N2O3S2. The first-order valence-corrected chi connectivity index (χ1v) is 14.0. The molecule has 0 radical (unpaired) electrons. The number of alkyl halides is 7. The fourth-order valence-corrected chi connectivity index (χ4v) is 8.60. The third-order valence-corrected chi connectivity index (χ3v) is 10.8. The molecule has 1 fully saturated rings. The lowest BCUT2D eigenvalue weighted by Crippen LogP contribution is -2.51. The van der Waals surface area contributed by atoms with Crippen LogP contribution in [0.25, 0.3) is 0 Å². The van der Waals surface area contributed by atoms with E-state index < -0.39 is 62.4 Å². The lowest BCUT2D eigenvalue weighted by Gasteiger charge is -2.40. The van der Waals surface area contributed by atoms with Gasteiger partial charge in [-0.2, -0.15) is 26.3 Å². The van der Waals surface area contributed by atoms with Gasteiger partial charge in [-0.05, 0) is 65.8 Å². The van der Waals surface area contributed by atoms with Crippen LogP contribution < -0.4 is 0 Å². The fourth-order valence-electron chi connectivity index (χ4n) is 5.68. The van der Waals surface area contributed by atoms with Gasteiger partial charge in [0.05, 0.1) is 4.90 Å². The molecule has 0 spiro atoms. The molecule has 0 bridgehead atoms. The van der Waals surface area contributed by atoms with Crippen molar-refractivity contribution in [2.45, 2.75) is 40.5 Å². The van der Waals surface area contributed by atoms with Crippen molar-refractivity contribution in [2.75, 3.05) is 13.1 Å². The number of amides is 1. The van der Waals surface area contributed by atoms with Crippen LogP contribution in [0.1, 0.15) is 32.8 Å². The topological polar surface area (TPSA) is 67.3 Å². The minimum atomic E-state index is -6.35. The highest BCUT2D eigenvalue weighted by molar-refractivity contribution is 7.92. The first kappa shape index (κ1) is 28.5. The average Bonchev–Trinajstić information content (AvgIpc) is 3.55. The number of halogens is 8. The Labute approximate surface area is 226 Å². The smallest absolute Gasteiger partial charge is 0.336 e. The molecular weight excluding hydrogens is 592 g/mol. The van der Waals surface area contributed by atoms with Crippen LogP contribution in [0.3, 0.4) is 0 Å². The Kier molecular flexibility index (Phi) is 6.56. The highest BCUT2D eigenvalue weighted by Gasteiger charge is 2.73. The quantitative estimate of drug-likeness (QED) is 0.270. The van der Waals surface area contributed by atoms with Crippen molar-refractivity contribution in [3.8, 4) is 0 Å². The summed E-state index contributed by atoms with van der Waals surface area (Å²) in [5.41, 5.74) is -7.78. The third-order valence-electron chi connectivity index (χ3n) is 7.57. The van der Waals surface area contributed by atoms with Crippen LogP contribution in [0.2, 0.25) is 0 Å². The minimum Gasteiger partial charge on any atom is -0.336 e. The van der Waals surface area contributed by atoms with Crippen LogP contribution >= 0.6 is 11.5 Å². The molecule has 1 amide bonds. The van der Waals surface area contributed by atoms with Crippen molar-refractivity contribution in [1.82, 2.24) is 9.27 Å². The van der Waals surface area contributed by atoms with Crippen molar-refractivity contribution >= 4 is 27.3 Å². The maximum absolute atomic E-state index is 14.9. The summed E-state index contributed by atoms with van der Waals surface area (Å²) in [5.74, 6) is -2.12. The van der Waals surface area contributed by atoms with Gasteiger partial charge in [0.2, 0.25) is 0 Å². The van der Waals surface area contributed by atoms with Gasteiger partial charge in [0, 0.05) is 30.8 Å². The molecule has 0 saturated carbocycles. The number of sulfone groups is 1. The molecule has 3 aromatic rings. The van der Waals surface area contributed by atoms with E-state index >= 15 is 0 Å². The lowest BCUT2D eigenvalue weighted by atomic mass is 9.75. The van der Waals surface area contributed by atoms with Gasteiger partial charge in [0.15, 0.2) is 9.84 Å². The van der Waals surface area contributed by atoms with Gasteiger partial charge in [-0.15, -0.1) is 0 Å². The Balaban J connectivity index is 1.71. The molecule has 0 N–H and O–H groups in total. The SMILES string of the molecule is O=C(c1ccns1)N1CC2CCc3cc(C(F)(C(F)(F)F)C(F)(F)F)ccc3C2(S(=O)(=O)c2ccc(F)cc2)C1. The molecule has 1 aliphatic carbocycles. The van der Waals surface area contributed by atoms with E-state index in [9.17, 15) is 48.3 Å². The number of nitrogens with zero attached hydrogens (tertiary/aromatic N) is 2. The van der Waals surface area contributed by atoms with E-state index in [1.807, 2.05) is 0 Å². The maximum Gasteiger partial charge on any atom is 0.435 e. The second kappa shape index (κ2) is 9.23. The third kappa shape index (κ3) is 4.03. The maximum atomic E-state index is 14.9. The first-order chi connectivity index (χ1) is 18.5. The predicted octanol–water partition coefficient (Wildman–Crippen LogP) is 5.96. The molecule has 214 valence electrons. The molecule has 2 aliphatic rings. The van der Waals surface area contributed by atoms with Gasteiger partial charge < -0.3 is 4.90 Å². The van der Waals surface area contributed by atoms with E-state index in [1.165, 1.54) is 17.2 Å². The molecule has 5 nitrogen and oxygen atoms in total. The Morgan fingerprint density at radius 3 is 2.20 bits per heavy atom. The largest absolute Gasteiger partial charge is 0.435 e. The number of fused-ring (bicyclic) bond motifs is 3. The predicted molar refractivity (Wildman–Crippen MR) is 126 cm³/mol. The number of aryl methyl sites for hydroxylation is 1. The van der Waals surface area contributed by atoms with Crippen LogP contribution in [0.15, 0.2) is 59.6 Å². The Morgan fingerprint density at radius 2 is 1.62 bits per heavy atom. The zero-order valence-corrected chi connectivity index (χ0v) is 21.7.